The molecule has 0 bridgehead atoms. The van der Waals surface area contributed by atoms with Crippen LogP contribution in [-0.4, -0.2) is 46.3 Å². The van der Waals surface area contributed by atoms with Crippen molar-refractivity contribution >= 4 is 28.5 Å². The SMILES string of the molecule is CO[C@@H](C)c1nsc(N[C@H]2CC(=O)N(C)C2=O)n1. The number of likely N-dealkylation sites (tertiary alicyclic amines) is 1. The summed E-state index contributed by atoms with van der Waals surface area (Å²) < 4.78 is 9.22. The number of likely N-dealkylation sites (N-methyl/N-ethyl adjacent to an activating group) is 1. The Morgan fingerprint density at radius 3 is 2.83 bits per heavy atom. The van der Waals surface area contributed by atoms with E-state index in [-0.39, 0.29) is 24.3 Å². The molecule has 8 heteroatoms. The molecule has 1 fully saturated rings. The first-order valence-electron chi connectivity index (χ1n) is 5.46. The number of carbonyl (C=O) groups excluding carboxylic acids is 2. The van der Waals surface area contributed by atoms with Crippen molar-refractivity contribution in [1.29, 1.82) is 0 Å². The summed E-state index contributed by atoms with van der Waals surface area (Å²) in [5.74, 6) is 0.138. The Labute approximate surface area is 108 Å². The molecule has 0 saturated carbocycles. The topological polar surface area (TPSA) is 84.4 Å². The molecule has 1 aliphatic heterocycles. The highest BCUT2D eigenvalue weighted by atomic mass is 32.1. The smallest absolute Gasteiger partial charge is 0.251 e. The molecule has 98 valence electrons. The molecule has 0 aromatic carbocycles. The van der Waals surface area contributed by atoms with E-state index in [9.17, 15) is 9.59 Å². The Balaban J connectivity index is 2.04. The number of anilines is 1. The van der Waals surface area contributed by atoms with Crippen molar-refractivity contribution in [2.75, 3.05) is 19.5 Å². The minimum atomic E-state index is -0.541. The standard InChI is InChI=1S/C10H14N4O3S/c1-5(17-3)8-12-10(18-13-8)11-6-4-7(15)14(2)9(6)16/h5-6H,4H2,1-3H3,(H,11,12,13)/t5-,6-/m0/s1. The lowest BCUT2D eigenvalue weighted by molar-refractivity contribution is -0.136. The van der Waals surface area contributed by atoms with Gasteiger partial charge in [-0.25, -0.2) is 4.98 Å². The van der Waals surface area contributed by atoms with Gasteiger partial charge in [-0.1, -0.05) is 0 Å². The molecule has 1 aromatic heterocycles. The van der Waals surface area contributed by atoms with E-state index < -0.39 is 6.04 Å². The van der Waals surface area contributed by atoms with Gasteiger partial charge in [-0.2, -0.15) is 4.37 Å². The van der Waals surface area contributed by atoms with Crippen LogP contribution in [0.2, 0.25) is 0 Å². The number of aromatic nitrogens is 2. The average molecular weight is 270 g/mol. The summed E-state index contributed by atoms with van der Waals surface area (Å²) in [7, 11) is 3.05. The van der Waals surface area contributed by atoms with E-state index in [0.29, 0.717) is 11.0 Å². The molecule has 7 nitrogen and oxygen atoms in total. The van der Waals surface area contributed by atoms with Crippen LogP contribution in [0.15, 0.2) is 0 Å². The maximum atomic E-state index is 11.7. The molecule has 1 aromatic rings. The lowest BCUT2D eigenvalue weighted by Gasteiger charge is -2.09. The summed E-state index contributed by atoms with van der Waals surface area (Å²) in [5.41, 5.74) is 0. The normalized spacial score (nSPS) is 21.5. The zero-order chi connectivity index (χ0) is 13.3. The molecule has 0 radical (unpaired) electrons. The molecule has 0 spiro atoms. The third-order valence-corrected chi connectivity index (χ3v) is 3.50. The number of amides is 2. The zero-order valence-electron chi connectivity index (χ0n) is 10.3. The number of carbonyl (C=O) groups is 2. The minimum absolute atomic E-state index is 0.157. The molecule has 2 rings (SSSR count). The van der Waals surface area contributed by atoms with Crippen molar-refractivity contribution in [3.05, 3.63) is 5.82 Å². The number of rotatable bonds is 4. The predicted molar refractivity (Wildman–Crippen MR) is 65.1 cm³/mol. The highest BCUT2D eigenvalue weighted by Crippen LogP contribution is 2.21. The van der Waals surface area contributed by atoms with Gasteiger partial charge in [0, 0.05) is 25.7 Å². The average Bonchev–Trinajstić information content (AvgIpc) is 2.91. The fraction of sp³-hybridized carbons (Fsp3) is 0.600. The molecule has 1 saturated heterocycles. The second kappa shape index (κ2) is 4.99. The predicted octanol–water partition coefficient (Wildman–Crippen LogP) is 0.415. The van der Waals surface area contributed by atoms with E-state index in [1.165, 1.54) is 7.05 Å². The number of hydrogen-bond donors (Lipinski definition) is 1. The van der Waals surface area contributed by atoms with Crippen LogP contribution in [0.3, 0.4) is 0 Å². The molecule has 1 N–H and O–H groups in total. The number of imide groups is 1. The van der Waals surface area contributed by atoms with Gasteiger partial charge in [-0.3, -0.25) is 14.5 Å². The van der Waals surface area contributed by atoms with Gasteiger partial charge in [0.05, 0.1) is 6.42 Å². The van der Waals surface area contributed by atoms with Crippen LogP contribution in [0.25, 0.3) is 0 Å². The highest BCUT2D eigenvalue weighted by Gasteiger charge is 2.36. The van der Waals surface area contributed by atoms with Crippen LogP contribution in [0.4, 0.5) is 5.13 Å². The Morgan fingerprint density at radius 1 is 1.56 bits per heavy atom. The maximum absolute atomic E-state index is 11.7. The van der Waals surface area contributed by atoms with E-state index in [0.717, 1.165) is 16.4 Å². The number of methoxy groups -OCH3 is 1. The van der Waals surface area contributed by atoms with Crippen molar-refractivity contribution in [2.45, 2.75) is 25.5 Å². The first-order valence-corrected chi connectivity index (χ1v) is 6.23. The fourth-order valence-electron chi connectivity index (χ4n) is 1.58. The third kappa shape index (κ3) is 2.34. The Hall–Kier alpha value is -1.54. The number of nitrogens with one attached hydrogen (secondary N) is 1. The van der Waals surface area contributed by atoms with Gasteiger partial charge < -0.3 is 10.1 Å². The van der Waals surface area contributed by atoms with Gasteiger partial charge in [-0.05, 0) is 6.92 Å². The molecule has 0 unspecified atom stereocenters. The second-order valence-corrected chi connectivity index (χ2v) is 4.78. The molecule has 0 aliphatic carbocycles. The van der Waals surface area contributed by atoms with Gasteiger partial charge in [-0.15, -0.1) is 0 Å². The van der Waals surface area contributed by atoms with E-state index in [2.05, 4.69) is 14.7 Å². The maximum Gasteiger partial charge on any atom is 0.251 e. The van der Waals surface area contributed by atoms with Crippen molar-refractivity contribution in [2.24, 2.45) is 0 Å². The Morgan fingerprint density at radius 2 is 2.28 bits per heavy atom. The third-order valence-electron chi connectivity index (χ3n) is 2.84. The van der Waals surface area contributed by atoms with Crippen LogP contribution in [0, 0.1) is 0 Å². The summed E-state index contributed by atoms with van der Waals surface area (Å²) in [6.07, 6.45) is -0.0373. The fourth-order valence-corrected chi connectivity index (χ4v) is 2.28. The van der Waals surface area contributed by atoms with E-state index >= 15 is 0 Å². The lowest BCUT2D eigenvalue weighted by Crippen LogP contribution is -2.31. The van der Waals surface area contributed by atoms with Crippen LogP contribution in [-0.2, 0) is 14.3 Å². The van der Waals surface area contributed by atoms with E-state index in [4.69, 9.17) is 4.74 Å². The van der Waals surface area contributed by atoms with Gasteiger partial charge in [0.15, 0.2) is 5.82 Å². The first-order chi connectivity index (χ1) is 8.52. The molecular formula is C10H14N4O3S. The number of nitrogens with zero attached hydrogens (tertiary/aromatic N) is 3. The van der Waals surface area contributed by atoms with Gasteiger partial charge in [0.2, 0.25) is 11.0 Å². The van der Waals surface area contributed by atoms with Gasteiger partial charge in [0.25, 0.3) is 5.91 Å². The van der Waals surface area contributed by atoms with Crippen molar-refractivity contribution in [3.8, 4) is 0 Å². The monoisotopic (exact) mass is 270 g/mol. The van der Waals surface area contributed by atoms with E-state index in [1.807, 2.05) is 6.92 Å². The van der Waals surface area contributed by atoms with Gasteiger partial charge >= 0.3 is 0 Å². The summed E-state index contributed by atoms with van der Waals surface area (Å²) in [6, 6.07) is -0.541. The molecule has 1 aliphatic rings. The summed E-state index contributed by atoms with van der Waals surface area (Å²) in [5, 5.41) is 3.45. The number of ether oxygens (including phenoxy) is 1. The largest absolute Gasteiger partial charge is 0.374 e. The summed E-state index contributed by atoms with van der Waals surface area (Å²) in [6.45, 7) is 1.84. The Bertz CT molecular complexity index is 475. The van der Waals surface area contributed by atoms with Crippen molar-refractivity contribution < 1.29 is 14.3 Å². The molecule has 18 heavy (non-hydrogen) atoms. The van der Waals surface area contributed by atoms with Crippen LogP contribution in [0.5, 0.6) is 0 Å². The van der Waals surface area contributed by atoms with Crippen LogP contribution < -0.4 is 5.32 Å². The molecular weight excluding hydrogens is 256 g/mol. The van der Waals surface area contributed by atoms with E-state index in [1.54, 1.807) is 7.11 Å². The Kier molecular flexibility index (Phi) is 3.58. The quantitative estimate of drug-likeness (QED) is 0.798. The summed E-state index contributed by atoms with van der Waals surface area (Å²) >= 11 is 1.15. The molecule has 2 heterocycles. The van der Waals surface area contributed by atoms with Gasteiger partial charge in [0.1, 0.15) is 12.1 Å². The van der Waals surface area contributed by atoms with Crippen molar-refractivity contribution in [1.82, 2.24) is 14.3 Å². The molecule has 2 atom stereocenters. The van der Waals surface area contributed by atoms with Crippen molar-refractivity contribution in [3.63, 3.8) is 0 Å². The lowest BCUT2D eigenvalue weighted by atomic mass is 10.2. The second-order valence-electron chi connectivity index (χ2n) is 4.03. The molecule has 2 amide bonds. The van der Waals surface area contributed by atoms with Crippen LogP contribution in [0.1, 0.15) is 25.3 Å². The first kappa shape index (κ1) is 12.9. The zero-order valence-corrected chi connectivity index (χ0v) is 11.2. The van der Waals surface area contributed by atoms with Crippen LogP contribution >= 0.6 is 11.5 Å². The summed E-state index contributed by atoms with van der Waals surface area (Å²) in [4.78, 5) is 28.4. The highest BCUT2D eigenvalue weighted by molar-refractivity contribution is 7.09. The minimum Gasteiger partial charge on any atom is -0.374 e. The number of hydrogen-bond acceptors (Lipinski definition) is 7.